The highest BCUT2D eigenvalue weighted by Gasteiger charge is 2.33. The van der Waals surface area contributed by atoms with E-state index in [2.05, 4.69) is 10.3 Å². The Morgan fingerprint density at radius 3 is 2.40 bits per heavy atom. The summed E-state index contributed by atoms with van der Waals surface area (Å²) < 4.78 is 5.80. The lowest BCUT2D eigenvalue weighted by molar-refractivity contribution is -0.131. The molecule has 5 nitrogen and oxygen atoms in total. The fourth-order valence-electron chi connectivity index (χ4n) is 2.69. The van der Waals surface area contributed by atoms with Gasteiger partial charge in [-0.25, -0.2) is 4.98 Å². The van der Waals surface area contributed by atoms with Crippen molar-refractivity contribution in [1.82, 2.24) is 10.3 Å². The molecule has 0 saturated carbocycles. The van der Waals surface area contributed by atoms with Gasteiger partial charge < -0.3 is 15.5 Å². The number of aromatic nitrogens is 1. The zero-order valence-electron chi connectivity index (χ0n) is 14.8. The molecule has 0 unspecified atom stereocenters. The SMILES string of the molecule is CCC(CC)(CN)C(=O)NCc1nc(C)c(-c2ccc(Cl)cc2)o1.Cl. The predicted molar refractivity (Wildman–Crippen MR) is 103 cm³/mol. The Balaban J connectivity index is 0.00000312. The number of rotatable bonds is 7. The Bertz CT molecular complexity index is 687. The predicted octanol–water partition coefficient (Wildman–Crippen LogP) is 4.11. The number of oxazole rings is 1. The van der Waals surface area contributed by atoms with Crippen LogP contribution in [0.4, 0.5) is 0 Å². The van der Waals surface area contributed by atoms with Gasteiger partial charge in [-0.1, -0.05) is 25.4 Å². The molecule has 0 bridgehead atoms. The van der Waals surface area contributed by atoms with E-state index in [1.807, 2.05) is 32.9 Å². The molecule has 0 aliphatic carbocycles. The molecule has 1 heterocycles. The number of amides is 1. The number of hydrogen-bond donors (Lipinski definition) is 2. The van der Waals surface area contributed by atoms with Gasteiger partial charge in [0.2, 0.25) is 11.8 Å². The van der Waals surface area contributed by atoms with Crippen LogP contribution in [0.15, 0.2) is 28.7 Å². The average molecular weight is 386 g/mol. The van der Waals surface area contributed by atoms with Crippen LogP contribution in [0, 0.1) is 12.3 Å². The molecule has 0 spiro atoms. The number of nitrogens with zero attached hydrogens (tertiary/aromatic N) is 1. The van der Waals surface area contributed by atoms with E-state index >= 15 is 0 Å². The second-order valence-corrected chi connectivity index (χ2v) is 6.34. The van der Waals surface area contributed by atoms with Crippen LogP contribution in [0.25, 0.3) is 11.3 Å². The highest BCUT2D eigenvalue weighted by Crippen LogP contribution is 2.27. The summed E-state index contributed by atoms with van der Waals surface area (Å²) in [6.45, 7) is 6.40. The first-order valence-electron chi connectivity index (χ1n) is 8.16. The number of aryl methyl sites for hydroxylation is 1. The van der Waals surface area contributed by atoms with Gasteiger partial charge in [0.25, 0.3) is 0 Å². The summed E-state index contributed by atoms with van der Waals surface area (Å²) in [6, 6.07) is 7.37. The van der Waals surface area contributed by atoms with E-state index in [1.165, 1.54) is 0 Å². The van der Waals surface area contributed by atoms with E-state index in [0.717, 1.165) is 11.3 Å². The minimum absolute atomic E-state index is 0. The Labute approximate surface area is 159 Å². The molecule has 0 aliphatic heterocycles. The second kappa shape index (κ2) is 9.22. The molecule has 1 aromatic heterocycles. The van der Waals surface area contributed by atoms with Crippen LogP contribution >= 0.6 is 24.0 Å². The maximum absolute atomic E-state index is 12.5. The van der Waals surface area contributed by atoms with Crippen molar-refractivity contribution in [2.24, 2.45) is 11.1 Å². The third-order valence-corrected chi connectivity index (χ3v) is 4.83. The van der Waals surface area contributed by atoms with E-state index in [4.69, 9.17) is 21.8 Å². The third-order valence-electron chi connectivity index (χ3n) is 4.57. The number of nitrogens with two attached hydrogens (primary N) is 1. The first-order chi connectivity index (χ1) is 11.5. The summed E-state index contributed by atoms with van der Waals surface area (Å²) in [7, 11) is 0. The fraction of sp³-hybridized carbons (Fsp3) is 0.444. The lowest BCUT2D eigenvalue weighted by Gasteiger charge is -2.28. The summed E-state index contributed by atoms with van der Waals surface area (Å²) in [5.74, 6) is 1.11. The monoisotopic (exact) mass is 385 g/mol. The summed E-state index contributed by atoms with van der Waals surface area (Å²) >= 11 is 5.91. The van der Waals surface area contributed by atoms with E-state index in [9.17, 15) is 4.79 Å². The lowest BCUT2D eigenvalue weighted by Crippen LogP contribution is -2.45. The van der Waals surface area contributed by atoms with Crippen molar-refractivity contribution in [1.29, 1.82) is 0 Å². The smallest absolute Gasteiger partial charge is 0.227 e. The maximum Gasteiger partial charge on any atom is 0.227 e. The molecule has 25 heavy (non-hydrogen) atoms. The van der Waals surface area contributed by atoms with Crippen molar-refractivity contribution in [3.05, 3.63) is 40.9 Å². The Kier molecular flexibility index (Phi) is 7.93. The molecule has 0 radical (unpaired) electrons. The molecule has 2 aromatic rings. The summed E-state index contributed by atoms with van der Waals surface area (Å²) in [5.41, 5.74) is 6.96. The van der Waals surface area contributed by atoms with E-state index in [-0.39, 0.29) is 24.9 Å². The Morgan fingerprint density at radius 1 is 1.28 bits per heavy atom. The second-order valence-electron chi connectivity index (χ2n) is 5.90. The average Bonchev–Trinajstić information content (AvgIpc) is 2.96. The normalized spacial score (nSPS) is 11.1. The number of carbonyl (C=O) groups is 1. The zero-order chi connectivity index (χ0) is 17.7. The quantitative estimate of drug-likeness (QED) is 0.751. The van der Waals surface area contributed by atoms with Gasteiger partial charge in [0, 0.05) is 17.1 Å². The molecule has 1 aromatic carbocycles. The molecule has 0 saturated heterocycles. The van der Waals surface area contributed by atoms with Crippen LogP contribution in [0.2, 0.25) is 5.02 Å². The van der Waals surface area contributed by atoms with Crippen LogP contribution in [0.3, 0.4) is 0 Å². The van der Waals surface area contributed by atoms with Gasteiger partial charge in [0.05, 0.1) is 17.7 Å². The molecule has 3 N–H and O–H groups in total. The van der Waals surface area contributed by atoms with Crippen LogP contribution in [0.5, 0.6) is 0 Å². The van der Waals surface area contributed by atoms with E-state index in [1.54, 1.807) is 12.1 Å². The molecule has 138 valence electrons. The van der Waals surface area contributed by atoms with Gasteiger partial charge in [-0.2, -0.15) is 0 Å². The first kappa shape index (κ1) is 21.5. The molecular formula is C18H25Cl2N3O2. The van der Waals surface area contributed by atoms with Crippen LogP contribution < -0.4 is 11.1 Å². The van der Waals surface area contributed by atoms with Gasteiger partial charge in [-0.3, -0.25) is 4.79 Å². The van der Waals surface area contributed by atoms with E-state index in [0.29, 0.717) is 36.1 Å². The van der Waals surface area contributed by atoms with Gasteiger partial charge in [-0.15, -0.1) is 12.4 Å². The van der Waals surface area contributed by atoms with Crippen molar-refractivity contribution in [2.75, 3.05) is 6.54 Å². The van der Waals surface area contributed by atoms with Gasteiger partial charge >= 0.3 is 0 Å². The number of benzene rings is 1. The molecule has 0 atom stereocenters. The third kappa shape index (κ3) is 4.75. The molecule has 0 aliphatic rings. The van der Waals surface area contributed by atoms with Crippen LogP contribution in [-0.4, -0.2) is 17.4 Å². The van der Waals surface area contributed by atoms with Crippen molar-refractivity contribution < 1.29 is 9.21 Å². The standard InChI is InChI=1S/C18H24ClN3O2.ClH/c1-4-18(5-2,11-20)17(23)21-10-15-22-12(3)16(24-15)13-6-8-14(19)9-7-13;/h6-9H,4-5,10-11,20H2,1-3H3,(H,21,23);1H. The number of carbonyl (C=O) groups excluding carboxylic acids is 1. The summed E-state index contributed by atoms with van der Waals surface area (Å²) in [5, 5.41) is 3.56. The molecule has 2 rings (SSSR count). The Hall–Kier alpha value is -1.56. The highest BCUT2D eigenvalue weighted by molar-refractivity contribution is 6.30. The lowest BCUT2D eigenvalue weighted by atomic mass is 9.81. The van der Waals surface area contributed by atoms with Crippen LogP contribution in [0.1, 0.15) is 38.3 Å². The van der Waals surface area contributed by atoms with E-state index < -0.39 is 5.41 Å². The highest BCUT2D eigenvalue weighted by atomic mass is 35.5. The number of nitrogens with one attached hydrogen (secondary N) is 1. The van der Waals surface area contributed by atoms with Crippen molar-refractivity contribution in [3.63, 3.8) is 0 Å². The van der Waals surface area contributed by atoms with Crippen molar-refractivity contribution in [2.45, 2.75) is 40.2 Å². The molecular weight excluding hydrogens is 361 g/mol. The first-order valence-corrected chi connectivity index (χ1v) is 8.54. The molecule has 7 heteroatoms. The van der Waals surface area contributed by atoms with Gasteiger partial charge in [0.15, 0.2) is 5.76 Å². The Morgan fingerprint density at radius 2 is 1.88 bits per heavy atom. The minimum atomic E-state index is -0.527. The maximum atomic E-state index is 12.5. The van der Waals surface area contributed by atoms with Gasteiger partial charge in [0.1, 0.15) is 0 Å². The zero-order valence-corrected chi connectivity index (χ0v) is 16.3. The number of hydrogen-bond acceptors (Lipinski definition) is 4. The molecule has 1 amide bonds. The van der Waals surface area contributed by atoms with Crippen molar-refractivity contribution >= 4 is 29.9 Å². The fourth-order valence-corrected chi connectivity index (χ4v) is 2.82. The van der Waals surface area contributed by atoms with Crippen LogP contribution in [-0.2, 0) is 11.3 Å². The molecule has 0 fully saturated rings. The topological polar surface area (TPSA) is 81.2 Å². The minimum Gasteiger partial charge on any atom is -0.438 e. The summed E-state index contributed by atoms with van der Waals surface area (Å²) in [4.78, 5) is 16.9. The van der Waals surface area contributed by atoms with Gasteiger partial charge in [-0.05, 0) is 44.0 Å². The largest absolute Gasteiger partial charge is 0.438 e. The van der Waals surface area contributed by atoms with Crippen molar-refractivity contribution in [3.8, 4) is 11.3 Å². The number of halogens is 2. The summed E-state index contributed by atoms with van der Waals surface area (Å²) in [6.07, 6.45) is 1.40.